The molecular weight excluding hydrogens is 442 g/mol. The van der Waals surface area contributed by atoms with E-state index in [1.807, 2.05) is 13.0 Å². The van der Waals surface area contributed by atoms with E-state index in [0.29, 0.717) is 11.1 Å². The lowest BCUT2D eigenvalue weighted by Gasteiger charge is -2.37. The standard InChI is InChI=1S/C24H29N3O5S/c1-16-13-27(17(2)15-28)33(30,31)24-9-8-21(20-7-5-6-19(10-20)12-25)11-22(24)32-23(16)14-26(4)18(3)29/h5-11,16-17,23,28H,13-15H2,1-4H3/t16-,17-,23-/m0/s1. The Morgan fingerprint density at radius 3 is 2.64 bits per heavy atom. The van der Waals surface area contributed by atoms with E-state index < -0.39 is 22.2 Å². The Morgan fingerprint density at radius 1 is 1.30 bits per heavy atom. The smallest absolute Gasteiger partial charge is 0.247 e. The fourth-order valence-electron chi connectivity index (χ4n) is 3.79. The number of carbonyl (C=O) groups is 1. The number of hydrogen-bond acceptors (Lipinski definition) is 6. The molecule has 1 heterocycles. The van der Waals surface area contributed by atoms with Crippen LogP contribution in [0.2, 0.25) is 0 Å². The van der Waals surface area contributed by atoms with E-state index in [4.69, 9.17) is 4.74 Å². The molecule has 0 fully saturated rings. The van der Waals surface area contributed by atoms with Crippen molar-refractivity contribution in [2.75, 3.05) is 26.7 Å². The van der Waals surface area contributed by atoms with Crippen LogP contribution >= 0.6 is 0 Å². The fraction of sp³-hybridized carbons (Fsp3) is 0.417. The summed E-state index contributed by atoms with van der Waals surface area (Å²) < 4.78 is 34.6. The van der Waals surface area contributed by atoms with Crippen molar-refractivity contribution >= 4 is 15.9 Å². The van der Waals surface area contributed by atoms with Gasteiger partial charge < -0.3 is 14.7 Å². The van der Waals surface area contributed by atoms with E-state index in [2.05, 4.69) is 6.07 Å². The first-order valence-corrected chi connectivity index (χ1v) is 12.2. The van der Waals surface area contributed by atoms with Crippen LogP contribution in [0.15, 0.2) is 47.4 Å². The number of rotatable bonds is 5. The van der Waals surface area contributed by atoms with E-state index in [0.717, 1.165) is 5.56 Å². The van der Waals surface area contributed by atoms with E-state index in [1.165, 1.54) is 22.2 Å². The summed E-state index contributed by atoms with van der Waals surface area (Å²) in [5.41, 5.74) is 1.95. The number of sulfonamides is 1. The zero-order valence-electron chi connectivity index (χ0n) is 19.2. The number of fused-ring (bicyclic) bond motifs is 1. The molecule has 1 aliphatic heterocycles. The second-order valence-electron chi connectivity index (χ2n) is 8.49. The van der Waals surface area contributed by atoms with Crippen molar-refractivity contribution in [2.45, 2.75) is 37.8 Å². The second-order valence-corrected chi connectivity index (χ2v) is 10.4. The van der Waals surface area contributed by atoms with Gasteiger partial charge in [-0.3, -0.25) is 4.79 Å². The van der Waals surface area contributed by atoms with Crippen LogP contribution in [0.4, 0.5) is 0 Å². The van der Waals surface area contributed by atoms with Gasteiger partial charge >= 0.3 is 0 Å². The van der Waals surface area contributed by atoms with Gasteiger partial charge in [-0.05, 0) is 42.3 Å². The first-order chi connectivity index (χ1) is 15.6. The number of aliphatic hydroxyl groups excluding tert-OH is 1. The maximum Gasteiger partial charge on any atom is 0.247 e. The number of benzene rings is 2. The average Bonchev–Trinajstić information content (AvgIpc) is 2.80. The van der Waals surface area contributed by atoms with Gasteiger partial charge in [-0.15, -0.1) is 0 Å². The summed E-state index contributed by atoms with van der Waals surface area (Å²) in [4.78, 5) is 13.4. The van der Waals surface area contributed by atoms with Crippen LogP contribution < -0.4 is 4.74 Å². The van der Waals surface area contributed by atoms with Gasteiger partial charge in [0.25, 0.3) is 0 Å². The molecule has 0 aliphatic carbocycles. The van der Waals surface area contributed by atoms with Gasteiger partial charge in [0.15, 0.2) is 0 Å². The van der Waals surface area contributed by atoms with Gasteiger partial charge in [-0.2, -0.15) is 9.57 Å². The monoisotopic (exact) mass is 471 g/mol. The summed E-state index contributed by atoms with van der Waals surface area (Å²) in [6, 6.07) is 13.3. The largest absolute Gasteiger partial charge is 0.487 e. The maximum absolute atomic E-state index is 13.5. The van der Waals surface area contributed by atoms with E-state index in [-0.39, 0.29) is 42.2 Å². The van der Waals surface area contributed by atoms with Crippen molar-refractivity contribution in [3.05, 3.63) is 48.0 Å². The van der Waals surface area contributed by atoms with Crippen molar-refractivity contribution in [3.8, 4) is 22.9 Å². The van der Waals surface area contributed by atoms with Gasteiger partial charge in [0.2, 0.25) is 15.9 Å². The number of amides is 1. The highest BCUT2D eigenvalue weighted by Gasteiger charge is 2.38. The molecule has 0 saturated carbocycles. The summed E-state index contributed by atoms with van der Waals surface area (Å²) in [7, 11) is -2.28. The molecule has 176 valence electrons. The van der Waals surface area contributed by atoms with Crippen LogP contribution in [0.3, 0.4) is 0 Å². The number of aliphatic hydroxyl groups is 1. The fourth-order valence-corrected chi connectivity index (χ4v) is 5.62. The number of nitrogens with zero attached hydrogens (tertiary/aromatic N) is 3. The first-order valence-electron chi connectivity index (χ1n) is 10.7. The van der Waals surface area contributed by atoms with E-state index in [9.17, 15) is 23.6 Å². The predicted molar refractivity (Wildman–Crippen MR) is 124 cm³/mol. The average molecular weight is 472 g/mol. The lowest BCUT2D eigenvalue weighted by Crippen LogP contribution is -2.50. The molecule has 0 bridgehead atoms. The molecule has 0 unspecified atom stereocenters. The highest BCUT2D eigenvalue weighted by molar-refractivity contribution is 7.89. The molecule has 8 nitrogen and oxygen atoms in total. The summed E-state index contributed by atoms with van der Waals surface area (Å²) in [5.74, 6) is -0.198. The third-order valence-electron chi connectivity index (χ3n) is 5.98. The molecule has 0 saturated heterocycles. The van der Waals surface area contributed by atoms with Gasteiger partial charge in [0.05, 0.1) is 24.8 Å². The third kappa shape index (κ3) is 5.19. The van der Waals surface area contributed by atoms with Crippen molar-refractivity contribution in [1.29, 1.82) is 5.26 Å². The quantitative estimate of drug-likeness (QED) is 0.717. The number of ether oxygens (including phenoxy) is 1. The number of nitriles is 1. The lowest BCUT2D eigenvalue weighted by molar-refractivity contribution is -0.129. The van der Waals surface area contributed by atoms with Gasteiger partial charge in [0, 0.05) is 32.5 Å². The van der Waals surface area contributed by atoms with Crippen LogP contribution in [-0.2, 0) is 14.8 Å². The Hall–Kier alpha value is -2.93. The molecule has 2 aromatic rings. The van der Waals surface area contributed by atoms with Crippen molar-refractivity contribution in [1.82, 2.24) is 9.21 Å². The minimum absolute atomic E-state index is 0.00497. The molecular formula is C24H29N3O5S. The predicted octanol–water partition coefficient (Wildman–Crippen LogP) is 2.47. The summed E-state index contributed by atoms with van der Waals surface area (Å²) in [6.45, 7) is 5.10. The van der Waals surface area contributed by atoms with Crippen LogP contribution in [-0.4, -0.2) is 67.5 Å². The summed E-state index contributed by atoms with van der Waals surface area (Å²) in [5, 5.41) is 18.9. The van der Waals surface area contributed by atoms with Gasteiger partial charge in [0.1, 0.15) is 16.7 Å². The molecule has 1 aliphatic rings. The minimum Gasteiger partial charge on any atom is -0.487 e. The topological polar surface area (TPSA) is 111 Å². The van der Waals surface area contributed by atoms with Crippen molar-refractivity contribution < 1.29 is 23.1 Å². The van der Waals surface area contributed by atoms with Crippen LogP contribution in [0.5, 0.6) is 5.75 Å². The number of hydrogen-bond donors (Lipinski definition) is 1. The molecule has 1 amide bonds. The van der Waals surface area contributed by atoms with E-state index in [1.54, 1.807) is 44.3 Å². The minimum atomic E-state index is -3.95. The highest BCUT2D eigenvalue weighted by Crippen LogP contribution is 2.36. The van der Waals surface area contributed by atoms with Crippen LogP contribution in [0.25, 0.3) is 11.1 Å². The molecule has 3 rings (SSSR count). The Bertz CT molecular complexity index is 1170. The van der Waals surface area contributed by atoms with Gasteiger partial charge in [-0.1, -0.05) is 25.1 Å². The summed E-state index contributed by atoms with van der Waals surface area (Å²) >= 11 is 0. The first kappa shape index (κ1) is 24.7. The molecule has 33 heavy (non-hydrogen) atoms. The Morgan fingerprint density at radius 2 is 2.00 bits per heavy atom. The lowest BCUT2D eigenvalue weighted by atomic mass is 10.0. The normalized spacial score (nSPS) is 21.0. The van der Waals surface area contributed by atoms with E-state index >= 15 is 0 Å². The van der Waals surface area contributed by atoms with Gasteiger partial charge in [-0.25, -0.2) is 8.42 Å². The Labute approximate surface area is 195 Å². The number of carbonyl (C=O) groups excluding carboxylic acids is 1. The van der Waals surface area contributed by atoms with Crippen LogP contribution in [0, 0.1) is 17.2 Å². The zero-order valence-corrected chi connectivity index (χ0v) is 20.0. The Balaban J connectivity index is 2.15. The second kappa shape index (κ2) is 9.91. The highest BCUT2D eigenvalue weighted by atomic mass is 32.2. The molecule has 0 spiro atoms. The Kier molecular flexibility index (Phi) is 7.42. The van der Waals surface area contributed by atoms with Crippen molar-refractivity contribution in [3.63, 3.8) is 0 Å². The summed E-state index contributed by atoms with van der Waals surface area (Å²) in [6.07, 6.45) is -0.470. The van der Waals surface area contributed by atoms with Crippen molar-refractivity contribution in [2.24, 2.45) is 5.92 Å². The zero-order chi connectivity index (χ0) is 24.3. The molecule has 1 N–H and O–H groups in total. The third-order valence-corrected chi connectivity index (χ3v) is 8.00. The SMILES string of the molecule is CC(=O)N(C)C[C@@H]1Oc2cc(-c3cccc(C#N)c3)ccc2S(=O)(=O)N([C@@H](C)CO)C[C@@H]1C. The maximum atomic E-state index is 13.5. The molecule has 0 aromatic heterocycles. The molecule has 3 atom stereocenters. The molecule has 9 heteroatoms. The van der Waals surface area contributed by atoms with Crippen LogP contribution in [0.1, 0.15) is 26.3 Å². The molecule has 2 aromatic carbocycles. The molecule has 0 radical (unpaired) electrons. The number of likely N-dealkylation sites (N-methyl/N-ethyl adjacent to an activating group) is 1.